The van der Waals surface area contributed by atoms with Gasteiger partial charge >= 0.3 is 0 Å². The second-order valence-corrected chi connectivity index (χ2v) is 6.76. The average molecular weight is 351 g/mol. The van der Waals surface area contributed by atoms with E-state index in [9.17, 15) is 4.39 Å². The van der Waals surface area contributed by atoms with Crippen LogP contribution in [0.4, 0.5) is 4.39 Å². The van der Waals surface area contributed by atoms with Gasteiger partial charge in [0, 0.05) is 16.5 Å². The maximum Gasteiger partial charge on any atom is 0.134 e. The van der Waals surface area contributed by atoms with E-state index in [-0.39, 0.29) is 11.2 Å². The maximum absolute atomic E-state index is 13.8. The number of hydrogen-bond acceptors (Lipinski definition) is 1. The van der Waals surface area contributed by atoms with Crippen molar-refractivity contribution in [3.8, 4) is 11.5 Å². The molecule has 0 amide bonds. The second-order valence-electron chi connectivity index (χ2n) is 6.20. The summed E-state index contributed by atoms with van der Waals surface area (Å²) >= 11 is 3.32. The highest BCUT2D eigenvalue weighted by atomic mass is 79.9. The molecule has 2 aromatic carbocycles. The zero-order valence-electron chi connectivity index (χ0n) is 12.8. The molecule has 0 aliphatic heterocycles. The van der Waals surface area contributed by atoms with E-state index >= 15 is 0 Å². The number of rotatable bonds is 3. The van der Waals surface area contributed by atoms with Crippen molar-refractivity contribution < 1.29 is 9.13 Å². The van der Waals surface area contributed by atoms with Gasteiger partial charge < -0.3 is 4.74 Å². The zero-order chi connectivity index (χ0) is 15.6. The molecule has 0 N–H and O–H groups in total. The Hall–Kier alpha value is -1.35. The van der Waals surface area contributed by atoms with E-state index in [0.717, 1.165) is 11.3 Å². The molecule has 0 spiro atoms. The highest BCUT2D eigenvalue weighted by Gasteiger charge is 2.20. The van der Waals surface area contributed by atoms with Crippen LogP contribution in [0.5, 0.6) is 11.5 Å². The second kappa shape index (κ2) is 6.18. The van der Waals surface area contributed by atoms with Gasteiger partial charge in [-0.25, -0.2) is 4.39 Å². The Balaban J connectivity index is 2.48. The average Bonchev–Trinajstić information content (AvgIpc) is 2.40. The van der Waals surface area contributed by atoms with Gasteiger partial charge in [0.2, 0.25) is 0 Å². The van der Waals surface area contributed by atoms with Gasteiger partial charge in [-0.2, -0.15) is 0 Å². The largest absolute Gasteiger partial charge is 0.457 e. The first-order valence-electron chi connectivity index (χ1n) is 6.95. The smallest absolute Gasteiger partial charge is 0.134 e. The van der Waals surface area contributed by atoms with Gasteiger partial charge in [-0.1, -0.05) is 60.5 Å². The van der Waals surface area contributed by atoms with Gasteiger partial charge in [-0.15, -0.1) is 0 Å². The minimum atomic E-state index is -0.256. The standard InChI is InChI=1S/C18H20BrFO/c1-12-8-9-17(14(10-12)18(2,3)4)21-16-7-5-6-15(20)13(16)11-19/h5-10H,11H2,1-4H3. The van der Waals surface area contributed by atoms with Gasteiger partial charge in [-0.05, 0) is 30.5 Å². The fourth-order valence-electron chi connectivity index (χ4n) is 2.20. The summed E-state index contributed by atoms with van der Waals surface area (Å²) in [7, 11) is 0. The molecule has 0 radical (unpaired) electrons. The molecule has 0 unspecified atom stereocenters. The van der Waals surface area contributed by atoms with Gasteiger partial charge in [0.15, 0.2) is 0 Å². The summed E-state index contributed by atoms with van der Waals surface area (Å²) in [6.07, 6.45) is 0. The van der Waals surface area contributed by atoms with Gasteiger partial charge in [0.25, 0.3) is 0 Å². The van der Waals surface area contributed by atoms with Gasteiger partial charge in [0.1, 0.15) is 17.3 Å². The van der Waals surface area contributed by atoms with E-state index in [2.05, 4.69) is 49.7 Å². The van der Waals surface area contributed by atoms with E-state index in [1.54, 1.807) is 12.1 Å². The van der Waals surface area contributed by atoms with Crippen molar-refractivity contribution in [1.82, 2.24) is 0 Å². The molecule has 0 saturated carbocycles. The summed E-state index contributed by atoms with van der Waals surface area (Å²) in [5.74, 6) is 1.08. The van der Waals surface area contributed by atoms with Crippen molar-refractivity contribution >= 4 is 15.9 Å². The SMILES string of the molecule is Cc1ccc(Oc2cccc(F)c2CBr)c(C(C)(C)C)c1. The topological polar surface area (TPSA) is 9.23 Å². The number of benzene rings is 2. The van der Waals surface area contributed by atoms with Crippen molar-refractivity contribution in [1.29, 1.82) is 0 Å². The number of hydrogen-bond donors (Lipinski definition) is 0. The minimum absolute atomic E-state index is 0.0384. The van der Waals surface area contributed by atoms with Gasteiger partial charge in [-0.3, -0.25) is 0 Å². The highest BCUT2D eigenvalue weighted by molar-refractivity contribution is 9.08. The molecular weight excluding hydrogens is 331 g/mol. The van der Waals surface area contributed by atoms with Crippen molar-refractivity contribution in [3.63, 3.8) is 0 Å². The first-order chi connectivity index (χ1) is 9.82. The van der Waals surface area contributed by atoms with E-state index in [4.69, 9.17) is 4.74 Å². The van der Waals surface area contributed by atoms with Crippen LogP contribution >= 0.6 is 15.9 Å². The lowest BCUT2D eigenvalue weighted by molar-refractivity contribution is 0.447. The van der Waals surface area contributed by atoms with Crippen LogP contribution in [0.2, 0.25) is 0 Å². The third-order valence-electron chi connectivity index (χ3n) is 3.37. The van der Waals surface area contributed by atoms with Crippen molar-refractivity contribution in [2.45, 2.75) is 38.4 Å². The summed E-state index contributed by atoms with van der Waals surface area (Å²) in [6.45, 7) is 8.49. The molecule has 1 nitrogen and oxygen atoms in total. The molecular formula is C18H20BrFO. The predicted octanol–water partition coefficient (Wildman–Crippen LogP) is 6.12. The molecule has 2 aromatic rings. The summed E-state index contributed by atoms with van der Waals surface area (Å²) in [4.78, 5) is 0. The highest BCUT2D eigenvalue weighted by Crippen LogP contribution is 2.36. The molecule has 0 bridgehead atoms. The van der Waals surface area contributed by atoms with Crippen LogP contribution in [0.15, 0.2) is 36.4 Å². The summed E-state index contributed by atoms with van der Waals surface area (Å²) < 4.78 is 19.9. The third-order valence-corrected chi connectivity index (χ3v) is 3.93. The molecule has 0 atom stereocenters. The Labute approximate surface area is 134 Å². The number of halogens is 2. The van der Waals surface area contributed by atoms with E-state index in [1.807, 2.05) is 12.1 Å². The Bertz CT molecular complexity index is 644. The fourth-order valence-corrected chi connectivity index (χ4v) is 2.75. The first kappa shape index (κ1) is 16.0. The maximum atomic E-state index is 13.8. The number of aryl methyl sites for hydroxylation is 1. The van der Waals surface area contributed by atoms with Crippen LogP contribution in [0.25, 0.3) is 0 Å². The van der Waals surface area contributed by atoms with Crippen LogP contribution in [-0.2, 0) is 10.7 Å². The van der Waals surface area contributed by atoms with Crippen LogP contribution in [0.3, 0.4) is 0 Å². The predicted molar refractivity (Wildman–Crippen MR) is 89.0 cm³/mol. The molecule has 0 aliphatic carbocycles. The molecule has 0 aromatic heterocycles. The Morgan fingerprint density at radius 1 is 1.10 bits per heavy atom. The van der Waals surface area contributed by atoms with E-state index in [0.29, 0.717) is 16.6 Å². The number of ether oxygens (including phenoxy) is 1. The summed E-state index contributed by atoms with van der Waals surface area (Å²) in [5, 5.41) is 0.422. The molecule has 2 rings (SSSR count). The lowest BCUT2D eigenvalue weighted by Gasteiger charge is -2.24. The molecule has 0 saturated heterocycles. The fraction of sp³-hybridized carbons (Fsp3) is 0.333. The Kier molecular flexibility index (Phi) is 4.72. The summed E-state index contributed by atoms with van der Waals surface area (Å²) in [6, 6.07) is 11.0. The van der Waals surface area contributed by atoms with Gasteiger partial charge in [0.05, 0.1) is 0 Å². The zero-order valence-corrected chi connectivity index (χ0v) is 14.4. The van der Waals surface area contributed by atoms with Crippen molar-refractivity contribution in [3.05, 3.63) is 58.9 Å². The monoisotopic (exact) mass is 350 g/mol. The van der Waals surface area contributed by atoms with Crippen LogP contribution in [0.1, 0.15) is 37.5 Å². The first-order valence-corrected chi connectivity index (χ1v) is 8.07. The van der Waals surface area contributed by atoms with Crippen molar-refractivity contribution in [2.75, 3.05) is 0 Å². The van der Waals surface area contributed by atoms with Crippen LogP contribution in [0, 0.1) is 12.7 Å². The van der Waals surface area contributed by atoms with E-state index < -0.39 is 0 Å². The summed E-state index contributed by atoms with van der Waals surface area (Å²) in [5.41, 5.74) is 2.81. The Morgan fingerprint density at radius 3 is 2.43 bits per heavy atom. The van der Waals surface area contributed by atoms with E-state index in [1.165, 1.54) is 11.6 Å². The number of alkyl halides is 1. The molecule has 0 fully saturated rings. The molecule has 112 valence electrons. The third kappa shape index (κ3) is 3.65. The van der Waals surface area contributed by atoms with Crippen LogP contribution in [-0.4, -0.2) is 0 Å². The molecule has 21 heavy (non-hydrogen) atoms. The van der Waals surface area contributed by atoms with Crippen molar-refractivity contribution in [2.24, 2.45) is 0 Å². The quantitative estimate of drug-likeness (QED) is 0.606. The minimum Gasteiger partial charge on any atom is -0.457 e. The molecule has 0 heterocycles. The molecule has 3 heteroatoms. The lowest BCUT2D eigenvalue weighted by Crippen LogP contribution is -2.13. The Morgan fingerprint density at radius 2 is 1.81 bits per heavy atom. The normalized spacial score (nSPS) is 11.5. The molecule has 0 aliphatic rings. The van der Waals surface area contributed by atoms with Crippen LogP contribution < -0.4 is 4.74 Å². The lowest BCUT2D eigenvalue weighted by atomic mass is 9.85.